The third-order valence-electron chi connectivity index (χ3n) is 3.58. The lowest BCUT2D eigenvalue weighted by Gasteiger charge is -2.16. The number of carbonyl (C=O) groups excluding carboxylic acids is 1. The maximum atomic E-state index is 12.2. The molecule has 1 amide bonds. The molecule has 0 spiro atoms. The van der Waals surface area contributed by atoms with Crippen LogP contribution >= 0.6 is 15.9 Å². The fourth-order valence-electron chi connectivity index (χ4n) is 2.50. The lowest BCUT2D eigenvalue weighted by Crippen LogP contribution is -2.24. The molecule has 2 rings (SSSR count). The Balaban J connectivity index is 2.10. The van der Waals surface area contributed by atoms with E-state index in [9.17, 15) is 4.79 Å². The molecule has 2 nitrogen and oxygen atoms in total. The van der Waals surface area contributed by atoms with Gasteiger partial charge in [-0.15, -0.1) is 0 Å². The van der Waals surface area contributed by atoms with E-state index in [0.717, 1.165) is 22.1 Å². The first kappa shape index (κ1) is 12.6. The molecule has 0 aliphatic heterocycles. The zero-order valence-electron chi connectivity index (χ0n) is 10.3. The van der Waals surface area contributed by atoms with Crippen LogP contribution in [0.4, 0.5) is 5.69 Å². The van der Waals surface area contributed by atoms with Gasteiger partial charge in [0.1, 0.15) is 0 Å². The van der Waals surface area contributed by atoms with Gasteiger partial charge in [-0.2, -0.15) is 0 Å². The Morgan fingerprint density at radius 2 is 2.18 bits per heavy atom. The number of rotatable bonds is 2. The molecule has 2 unspecified atom stereocenters. The molecule has 92 valence electrons. The molecular weight excluding hydrogens is 278 g/mol. The molecule has 0 saturated heterocycles. The highest BCUT2D eigenvalue weighted by atomic mass is 79.9. The quantitative estimate of drug-likeness (QED) is 0.873. The van der Waals surface area contributed by atoms with Crippen molar-refractivity contribution in [2.45, 2.75) is 33.1 Å². The van der Waals surface area contributed by atoms with Crippen LogP contribution < -0.4 is 5.32 Å². The van der Waals surface area contributed by atoms with E-state index in [1.807, 2.05) is 25.1 Å². The van der Waals surface area contributed by atoms with Gasteiger partial charge < -0.3 is 5.32 Å². The van der Waals surface area contributed by atoms with Crippen molar-refractivity contribution in [2.24, 2.45) is 11.8 Å². The lowest BCUT2D eigenvalue weighted by molar-refractivity contribution is -0.120. The van der Waals surface area contributed by atoms with Crippen molar-refractivity contribution >= 4 is 27.5 Å². The van der Waals surface area contributed by atoms with Gasteiger partial charge in [0.25, 0.3) is 0 Å². The first-order valence-electron chi connectivity index (χ1n) is 6.15. The number of aryl methyl sites for hydroxylation is 1. The zero-order chi connectivity index (χ0) is 12.4. The number of amides is 1. The summed E-state index contributed by atoms with van der Waals surface area (Å²) in [6.45, 7) is 4.20. The van der Waals surface area contributed by atoms with Gasteiger partial charge in [-0.05, 0) is 59.3 Å². The first-order chi connectivity index (χ1) is 8.08. The van der Waals surface area contributed by atoms with Gasteiger partial charge >= 0.3 is 0 Å². The highest BCUT2D eigenvalue weighted by molar-refractivity contribution is 9.10. The molecule has 1 N–H and O–H groups in total. The molecule has 0 bridgehead atoms. The van der Waals surface area contributed by atoms with E-state index < -0.39 is 0 Å². The number of benzene rings is 1. The van der Waals surface area contributed by atoms with Crippen LogP contribution in [0.25, 0.3) is 0 Å². The number of anilines is 1. The van der Waals surface area contributed by atoms with Gasteiger partial charge in [-0.25, -0.2) is 0 Å². The molecule has 1 aliphatic rings. The van der Waals surface area contributed by atoms with E-state index in [0.29, 0.717) is 5.92 Å². The van der Waals surface area contributed by atoms with Gasteiger partial charge in [0.2, 0.25) is 5.91 Å². The van der Waals surface area contributed by atoms with Crippen LogP contribution in [0, 0.1) is 18.8 Å². The van der Waals surface area contributed by atoms with Crippen molar-refractivity contribution in [1.29, 1.82) is 0 Å². The summed E-state index contributed by atoms with van der Waals surface area (Å²) in [4.78, 5) is 12.2. The highest BCUT2D eigenvalue weighted by Crippen LogP contribution is 2.33. The molecule has 2 atom stereocenters. The summed E-state index contributed by atoms with van der Waals surface area (Å²) < 4.78 is 0.946. The smallest absolute Gasteiger partial charge is 0.227 e. The molecule has 1 aliphatic carbocycles. The monoisotopic (exact) mass is 295 g/mol. The van der Waals surface area contributed by atoms with Crippen LogP contribution in [0.15, 0.2) is 22.7 Å². The minimum Gasteiger partial charge on any atom is -0.325 e. The maximum Gasteiger partial charge on any atom is 0.227 e. The summed E-state index contributed by atoms with van der Waals surface area (Å²) in [6, 6.07) is 6.00. The van der Waals surface area contributed by atoms with Gasteiger partial charge in [0.15, 0.2) is 0 Å². The van der Waals surface area contributed by atoms with Gasteiger partial charge in [-0.3, -0.25) is 4.79 Å². The van der Waals surface area contributed by atoms with Crippen molar-refractivity contribution in [3.63, 3.8) is 0 Å². The fourth-order valence-corrected chi connectivity index (χ4v) is 2.84. The summed E-state index contributed by atoms with van der Waals surface area (Å²) in [5.74, 6) is 0.863. The number of nitrogens with one attached hydrogen (secondary N) is 1. The predicted molar refractivity (Wildman–Crippen MR) is 74.0 cm³/mol. The molecule has 1 fully saturated rings. The van der Waals surface area contributed by atoms with Crippen molar-refractivity contribution < 1.29 is 4.79 Å². The van der Waals surface area contributed by atoms with E-state index >= 15 is 0 Å². The van der Waals surface area contributed by atoms with Gasteiger partial charge in [0, 0.05) is 10.4 Å². The predicted octanol–water partition coefficient (Wildman–Crippen LogP) is 4.13. The van der Waals surface area contributed by atoms with Crippen LogP contribution in [-0.2, 0) is 4.79 Å². The summed E-state index contributed by atoms with van der Waals surface area (Å²) in [6.07, 6.45) is 3.37. The Kier molecular flexibility index (Phi) is 3.87. The second kappa shape index (κ2) is 5.21. The molecule has 1 aromatic rings. The summed E-state index contributed by atoms with van der Waals surface area (Å²) >= 11 is 3.47. The second-order valence-electron chi connectivity index (χ2n) is 4.99. The number of hydrogen-bond donors (Lipinski definition) is 1. The van der Waals surface area contributed by atoms with Crippen LogP contribution in [-0.4, -0.2) is 5.91 Å². The van der Waals surface area contributed by atoms with Crippen LogP contribution in [0.3, 0.4) is 0 Å². The van der Waals surface area contributed by atoms with Crippen molar-refractivity contribution in [1.82, 2.24) is 0 Å². The Morgan fingerprint density at radius 1 is 1.41 bits per heavy atom. The van der Waals surface area contributed by atoms with E-state index in [1.165, 1.54) is 12.8 Å². The standard InChI is InChI=1S/C14H18BrNO/c1-9-6-7-12(15)13(8-9)16-14(17)11-5-3-4-10(11)2/h6-8,10-11H,3-5H2,1-2H3,(H,16,17). The first-order valence-corrected chi connectivity index (χ1v) is 6.94. The van der Waals surface area contributed by atoms with Crippen molar-refractivity contribution in [3.05, 3.63) is 28.2 Å². The third-order valence-corrected chi connectivity index (χ3v) is 4.27. The van der Waals surface area contributed by atoms with Crippen LogP contribution in [0.5, 0.6) is 0 Å². The molecule has 0 heterocycles. The second-order valence-corrected chi connectivity index (χ2v) is 5.84. The third kappa shape index (κ3) is 2.89. The molecule has 1 saturated carbocycles. The molecule has 0 aromatic heterocycles. The Labute approximate surface area is 111 Å². The average molecular weight is 296 g/mol. The van der Waals surface area contributed by atoms with Crippen LogP contribution in [0.1, 0.15) is 31.7 Å². The van der Waals surface area contributed by atoms with Crippen LogP contribution in [0.2, 0.25) is 0 Å². The van der Waals surface area contributed by atoms with Crippen molar-refractivity contribution in [3.8, 4) is 0 Å². The van der Waals surface area contributed by atoms with E-state index in [2.05, 4.69) is 28.2 Å². The SMILES string of the molecule is Cc1ccc(Br)c(NC(=O)C2CCCC2C)c1. The zero-order valence-corrected chi connectivity index (χ0v) is 11.9. The minimum atomic E-state index is 0.168. The number of hydrogen-bond acceptors (Lipinski definition) is 1. The summed E-state index contributed by atoms with van der Waals surface area (Å²) in [5.41, 5.74) is 2.04. The van der Waals surface area contributed by atoms with E-state index in [1.54, 1.807) is 0 Å². The average Bonchev–Trinajstić information content (AvgIpc) is 2.70. The summed E-state index contributed by atoms with van der Waals surface area (Å²) in [5, 5.41) is 3.04. The fraction of sp³-hybridized carbons (Fsp3) is 0.500. The molecule has 3 heteroatoms. The molecule has 0 radical (unpaired) electrons. The van der Waals surface area contributed by atoms with Crippen molar-refractivity contribution in [2.75, 3.05) is 5.32 Å². The normalized spacial score (nSPS) is 23.7. The Bertz CT molecular complexity index is 430. The Hall–Kier alpha value is -0.830. The summed E-state index contributed by atoms with van der Waals surface area (Å²) in [7, 11) is 0. The minimum absolute atomic E-state index is 0.168. The number of carbonyl (C=O) groups is 1. The topological polar surface area (TPSA) is 29.1 Å². The molecular formula is C14H18BrNO. The Morgan fingerprint density at radius 3 is 2.82 bits per heavy atom. The van der Waals surface area contributed by atoms with E-state index in [-0.39, 0.29) is 11.8 Å². The maximum absolute atomic E-state index is 12.2. The molecule has 17 heavy (non-hydrogen) atoms. The van der Waals surface area contributed by atoms with E-state index in [4.69, 9.17) is 0 Å². The van der Waals surface area contributed by atoms with Gasteiger partial charge in [0.05, 0.1) is 5.69 Å². The lowest BCUT2D eigenvalue weighted by atomic mass is 9.97. The number of halogens is 1. The largest absolute Gasteiger partial charge is 0.325 e. The van der Waals surface area contributed by atoms with Gasteiger partial charge in [-0.1, -0.05) is 19.4 Å². The highest BCUT2D eigenvalue weighted by Gasteiger charge is 2.29. The molecule has 1 aromatic carbocycles.